The maximum atomic E-state index is 9.51. The fraction of sp³-hybridized carbons (Fsp3) is 0.375. The lowest BCUT2D eigenvalue weighted by Crippen LogP contribution is -2.00. The molecule has 0 aliphatic carbocycles. The van der Waals surface area contributed by atoms with E-state index in [0.717, 1.165) is 46.9 Å². The summed E-state index contributed by atoms with van der Waals surface area (Å²) in [6.07, 6.45) is 3.34. The van der Waals surface area contributed by atoms with Gasteiger partial charge < -0.3 is 14.6 Å². The molecule has 0 spiro atoms. The van der Waals surface area contributed by atoms with Crippen LogP contribution in [0.1, 0.15) is 19.3 Å². The van der Waals surface area contributed by atoms with Crippen LogP contribution in [0.5, 0.6) is 17.2 Å². The van der Waals surface area contributed by atoms with E-state index in [1.807, 2.05) is 18.2 Å². The topological polar surface area (TPSA) is 38.7 Å². The first-order valence-electron chi connectivity index (χ1n) is 6.74. The van der Waals surface area contributed by atoms with E-state index in [-0.39, 0.29) is 5.75 Å². The summed E-state index contributed by atoms with van der Waals surface area (Å²) in [6, 6.07) is 9.06. The van der Waals surface area contributed by atoms with E-state index < -0.39 is 0 Å². The molecule has 0 fully saturated rings. The zero-order valence-corrected chi connectivity index (χ0v) is 13.1. The molecule has 2 rings (SSSR count). The van der Waals surface area contributed by atoms with Gasteiger partial charge in [0, 0.05) is 10.7 Å². The number of alkyl halides is 1. The van der Waals surface area contributed by atoms with E-state index in [1.54, 1.807) is 19.2 Å². The Kier molecular flexibility index (Phi) is 5.53. The molecular formula is C16H19BrO3. The van der Waals surface area contributed by atoms with E-state index in [0.29, 0.717) is 6.61 Å². The molecule has 0 aliphatic rings. The Morgan fingerprint density at radius 2 is 1.95 bits per heavy atom. The second-order valence-corrected chi connectivity index (χ2v) is 5.39. The maximum absolute atomic E-state index is 9.51. The summed E-state index contributed by atoms with van der Waals surface area (Å²) in [5.74, 6) is 1.73. The second kappa shape index (κ2) is 7.39. The number of fused-ring (bicyclic) bond motifs is 1. The van der Waals surface area contributed by atoms with Gasteiger partial charge in [0.2, 0.25) is 0 Å². The lowest BCUT2D eigenvalue weighted by molar-refractivity contribution is 0.287. The number of aromatic hydroxyl groups is 1. The van der Waals surface area contributed by atoms with Crippen LogP contribution in [-0.2, 0) is 0 Å². The minimum atomic E-state index is 0.253. The van der Waals surface area contributed by atoms with Gasteiger partial charge in [0.05, 0.1) is 13.7 Å². The number of hydrogen-bond donors (Lipinski definition) is 1. The summed E-state index contributed by atoms with van der Waals surface area (Å²) >= 11 is 3.42. The first-order valence-corrected chi connectivity index (χ1v) is 7.87. The van der Waals surface area contributed by atoms with E-state index in [2.05, 4.69) is 15.9 Å². The van der Waals surface area contributed by atoms with Crippen molar-refractivity contribution in [2.24, 2.45) is 0 Å². The average Bonchev–Trinajstić information content (AvgIpc) is 2.46. The van der Waals surface area contributed by atoms with Crippen LogP contribution in [-0.4, -0.2) is 24.2 Å². The number of methoxy groups -OCH3 is 1. The van der Waals surface area contributed by atoms with E-state index in [4.69, 9.17) is 9.47 Å². The molecule has 0 unspecified atom stereocenters. The molecule has 0 aliphatic heterocycles. The molecule has 0 atom stereocenters. The van der Waals surface area contributed by atoms with Gasteiger partial charge in [-0.2, -0.15) is 0 Å². The van der Waals surface area contributed by atoms with E-state index in [9.17, 15) is 5.11 Å². The van der Waals surface area contributed by atoms with Crippen LogP contribution >= 0.6 is 15.9 Å². The lowest BCUT2D eigenvalue weighted by Gasteiger charge is -2.13. The van der Waals surface area contributed by atoms with Gasteiger partial charge in [-0.25, -0.2) is 0 Å². The van der Waals surface area contributed by atoms with Crippen molar-refractivity contribution in [1.82, 2.24) is 0 Å². The molecule has 0 bridgehead atoms. The monoisotopic (exact) mass is 338 g/mol. The number of phenolic OH excluding ortho intramolecular Hbond substituents is 1. The Morgan fingerprint density at radius 3 is 2.70 bits per heavy atom. The van der Waals surface area contributed by atoms with Crippen molar-refractivity contribution in [1.29, 1.82) is 0 Å². The Morgan fingerprint density at radius 1 is 1.10 bits per heavy atom. The zero-order chi connectivity index (χ0) is 14.4. The van der Waals surface area contributed by atoms with Gasteiger partial charge in [-0.15, -0.1) is 0 Å². The van der Waals surface area contributed by atoms with E-state index >= 15 is 0 Å². The fourth-order valence-electron chi connectivity index (χ4n) is 2.15. The van der Waals surface area contributed by atoms with Crippen LogP contribution in [0, 0.1) is 0 Å². The van der Waals surface area contributed by atoms with Gasteiger partial charge in [-0.1, -0.05) is 22.0 Å². The summed E-state index contributed by atoms with van der Waals surface area (Å²) in [6.45, 7) is 0.687. The highest BCUT2D eigenvalue weighted by molar-refractivity contribution is 9.09. The minimum Gasteiger partial charge on any atom is -0.508 e. The molecule has 3 nitrogen and oxygen atoms in total. The summed E-state index contributed by atoms with van der Waals surface area (Å²) in [7, 11) is 1.64. The first kappa shape index (κ1) is 15.0. The Balaban J connectivity index is 2.15. The minimum absolute atomic E-state index is 0.253. The van der Waals surface area contributed by atoms with Crippen molar-refractivity contribution in [3.05, 3.63) is 30.3 Å². The Labute approximate surface area is 127 Å². The zero-order valence-electron chi connectivity index (χ0n) is 11.6. The number of benzene rings is 2. The van der Waals surface area contributed by atoms with Crippen LogP contribution in [0.2, 0.25) is 0 Å². The molecule has 108 valence electrons. The van der Waals surface area contributed by atoms with Gasteiger partial charge in [-0.3, -0.25) is 0 Å². The predicted octanol–water partition coefficient (Wildman–Crippen LogP) is 4.50. The number of halogens is 1. The van der Waals surface area contributed by atoms with Gasteiger partial charge in [0.1, 0.15) is 5.75 Å². The third kappa shape index (κ3) is 3.57. The SMILES string of the molecule is COc1c(OCCCCCBr)ccc2cc(O)ccc12. The summed E-state index contributed by atoms with van der Waals surface area (Å²) in [5.41, 5.74) is 0. The van der Waals surface area contributed by atoms with Crippen LogP contribution in [0.25, 0.3) is 10.8 Å². The smallest absolute Gasteiger partial charge is 0.168 e. The van der Waals surface area contributed by atoms with Gasteiger partial charge in [0.25, 0.3) is 0 Å². The van der Waals surface area contributed by atoms with Crippen molar-refractivity contribution in [2.75, 3.05) is 19.0 Å². The van der Waals surface area contributed by atoms with Crippen molar-refractivity contribution in [3.8, 4) is 17.2 Å². The molecule has 4 heteroatoms. The van der Waals surface area contributed by atoms with Crippen LogP contribution < -0.4 is 9.47 Å². The molecule has 1 N–H and O–H groups in total. The molecule has 0 amide bonds. The third-order valence-corrected chi connectivity index (χ3v) is 3.72. The third-order valence-electron chi connectivity index (χ3n) is 3.16. The summed E-state index contributed by atoms with van der Waals surface area (Å²) in [4.78, 5) is 0. The molecule has 20 heavy (non-hydrogen) atoms. The highest BCUT2D eigenvalue weighted by Gasteiger charge is 2.09. The largest absolute Gasteiger partial charge is 0.508 e. The predicted molar refractivity (Wildman–Crippen MR) is 85.3 cm³/mol. The number of phenols is 1. The average molecular weight is 339 g/mol. The molecule has 0 saturated carbocycles. The molecule has 0 aromatic heterocycles. The van der Waals surface area contributed by atoms with Crippen molar-refractivity contribution < 1.29 is 14.6 Å². The molecule has 0 radical (unpaired) electrons. The number of hydrogen-bond acceptors (Lipinski definition) is 3. The Hall–Kier alpha value is -1.42. The summed E-state index contributed by atoms with van der Waals surface area (Å²) < 4.78 is 11.3. The quantitative estimate of drug-likeness (QED) is 0.596. The number of unbranched alkanes of at least 4 members (excludes halogenated alkanes) is 2. The van der Waals surface area contributed by atoms with Gasteiger partial charge in [-0.05, 0) is 48.9 Å². The van der Waals surface area contributed by atoms with Crippen LogP contribution in [0.15, 0.2) is 30.3 Å². The highest BCUT2D eigenvalue weighted by Crippen LogP contribution is 2.36. The molecule has 2 aromatic carbocycles. The summed E-state index contributed by atoms with van der Waals surface area (Å²) in [5, 5.41) is 12.4. The van der Waals surface area contributed by atoms with Crippen molar-refractivity contribution in [3.63, 3.8) is 0 Å². The maximum Gasteiger partial charge on any atom is 0.168 e. The van der Waals surface area contributed by atoms with Crippen molar-refractivity contribution >= 4 is 26.7 Å². The molecule has 0 heterocycles. The lowest BCUT2D eigenvalue weighted by atomic mass is 10.1. The highest BCUT2D eigenvalue weighted by atomic mass is 79.9. The molecule has 2 aromatic rings. The number of ether oxygens (including phenoxy) is 2. The van der Waals surface area contributed by atoms with Crippen molar-refractivity contribution in [2.45, 2.75) is 19.3 Å². The van der Waals surface area contributed by atoms with Crippen LogP contribution in [0.3, 0.4) is 0 Å². The van der Waals surface area contributed by atoms with Gasteiger partial charge in [0.15, 0.2) is 11.5 Å². The van der Waals surface area contributed by atoms with Gasteiger partial charge >= 0.3 is 0 Å². The molecule has 0 saturated heterocycles. The fourth-order valence-corrected chi connectivity index (χ4v) is 2.54. The molecular weight excluding hydrogens is 320 g/mol. The first-order chi connectivity index (χ1) is 9.76. The normalized spacial score (nSPS) is 10.7. The van der Waals surface area contributed by atoms with E-state index in [1.165, 1.54) is 0 Å². The standard InChI is InChI=1S/C16H19BrO3/c1-19-16-14-7-6-13(18)11-12(14)5-8-15(16)20-10-4-2-3-9-17/h5-8,11,18H,2-4,9-10H2,1H3. The second-order valence-electron chi connectivity index (χ2n) is 4.60. The number of rotatable bonds is 7. The Bertz CT molecular complexity index is 569. The van der Waals surface area contributed by atoms with Crippen LogP contribution in [0.4, 0.5) is 0 Å².